The maximum absolute atomic E-state index is 6.06. The van der Waals surface area contributed by atoms with Crippen LogP contribution in [0.3, 0.4) is 0 Å². The Balaban J connectivity index is 2.62. The van der Waals surface area contributed by atoms with Crippen LogP contribution in [0, 0.1) is 6.92 Å². The zero-order chi connectivity index (χ0) is 11.1. The van der Waals surface area contributed by atoms with E-state index >= 15 is 0 Å². The van der Waals surface area contributed by atoms with Crippen molar-refractivity contribution in [2.75, 3.05) is 0 Å². The van der Waals surface area contributed by atoms with E-state index in [2.05, 4.69) is 29.2 Å². The minimum absolute atomic E-state index is 0.293. The van der Waals surface area contributed by atoms with E-state index in [1.165, 1.54) is 5.39 Å². The highest BCUT2D eigenvalue weighted by molar-refractivity contribution is 5.82. The van der Waals surface area contributed by atoms with Crippen LogP contribution in [0.15, 0.2) is 30.5 Å². The lowest BCUT2D eigenvalue weighted by atomic mass is 9.94. The number of hydrogen-bond acceptors (Lipinski definition) is 2. The van der Waals surface area contributed by atoms with E-state index in [-0.39, 0.29) is 5.54 Å². The Hall–Kier alpha value is -1.41. The van der Waals surface area contributed by atoms with E-state index < -0.39 is 0 Å². The number of aromatic nitrogens is 1. The number of aryl methyl sites for hydroxylation is 1. The van der Waals surface area contributed by atoms with E-state index in [0.29, 0.717) is 0 Å². The first-order valence-electron chi connectivity index (χ1n) is 5.12. The quantitative estimate of drug-likeness (QED) is 0.768. The van der Waals surface area contributed by atoms with Gasteiger partial charge in [0.1, 0.15) is 0 Å². The van der Waals surface area contributed by atoms with Crippen molar-refractivity contribution in [3.05, 3.63) is 41.7 Å². The number of fused-ring (bicyclic) bond motifs is 1. The van der Waals surface area contributed by atoms with Gasteiger partial charge in [0.15, 0.2) is 0 Å². The van der Waals surface area contributed by atoms with Gasteiger partial charge in [0.25, 0.3) is 0 Å². The lowest BCUT2D eigenvalue weighted by Gasteiger charge is -2.19. The summed E-state index contributed by atoms with van der Waals surface area (Å²) in [5.41, 5.74) is 7.95. The van der Waals surface area contributed by atoms with Crippen LogP contribution < -0.4 is 5.73 Å². The maximum Gasteiger partial charge on any atom is 0.0379 e. The predicted octanol–water partition coefficient (Wildman–Crippen LogP) is 2.74. The van der Waals surface area contributed by atoms with E-state index in [9.17, 15) is 0 Å². The molecule has 0 amide bonds. The van der Waals surface area contributed by atoms with Crippen molar-refractivity contribution in [2.24, 2.45) is 5.73 Å². The smallest absolute Gasteiger partial charge is 0.0379 e. The van der Waals surface area contributed by atoms with Crippen LogP contribution in [-0.2, 0) is 5.54 Å². The second kappa shape index (κ2) is 3.31. The zero-order valence-corrected chi connectivity index (χ0v) is 9.41. The molecule has 2 heteroatoms. The number of rotatable bonds is 1. The molecule has 15 heavy (non-hydrogen) atoms. The van der Waals surface area contributed by atoms with Gasteiger partial charge >= 0.3 is 0 Å². The molecule has 0 saturated carbocycles. The Kier molecular flexibility index (Phi) is 2.24. The number of nitrogens with two attached hydrogens (primary N) is 1. The van der Waals surface area contributed by atoms with Crippen molar-refractivity contribution < 1.29 is 0 Å². The zero-order valence-electron chi connectivity index (χ0n) is 9.41. The molecule has 0 aliphatic heterocycles. The van der Waals surface area contributed by atoms with Crippen LogP contribution in [0.4, 0.5) is 0 Å². The molecule has 0 fully saturated rings. The Morgan fingerprint density at radius 1 is 1.13 bits per heavy atom. The lowest BCUT2D eigenvalue weighted by Crippen LogP contribution is -2.28. The molecule has 0 bridgehead atoms. The maximum atomic E-state index is 6.06. The molecule has 2 aromatic rings. The van der Waals surface area contributed by atoms with Crippen molar-refractivity contribution in [1.82, 2.24) is 4.98 Å². The molecular formula is C13H16N2. The average molecular weight is 200 g/mol. The third-order valence-electron chi connectivity index (χ3n) is 2.60. The van der Waals surface area contributed by atoms with E-state index in [0.717, 1.165) is 16.6 Å². The van der Waals surface area contributed by atoms with Crippen molar-refractivity contribution in [2.45, 2.75) is 26.3 Å². The van der Waals surface area contributed by atoms with Gasteiger partial charge in [0.2, 0.25) is 0 Å². The summed E-state index contributed by atoms with van der Waals surface area (Å²) < 4.78 is 0. The molecule has 0 unspecified atom stereocenters. The molecule has 0 spiro atoms. The molecule has 0 aliphatic carbocycles. The van der Waals surface area contributed by atoms with Crippen molar-refractivity contribution in [3.63, 3.8) is 0 Å². The Morgan fingerprint density at radius 2 is 1.87 bits per heavy atom. The fourth-order valence-electron chi connectivity index (χ4n) is 1.65. The van der Waals surface area contributed by atoms with Gasteiger partial charge in [-0.3, -0.25) is 4.98 Å². The van der Waals surface area contributed by atoms with Gasteiger partial charge in [0.05, 0.1) is 0 Å². The summed E-state index contributed by atoms with van der Waals surface area (Å²) in [6.45, 7) is 6.02. The Bertz CT molecular complexity index is 495. The van der Waals surface area contributed by atoms with Crippen LogP contribution in [0.25, 0.3) is 10.8 Å². The molecule has 0 aliphatic rings. The number of benzene rings is 1. The topological polar surface area (TPSA) is 38.9 Å². The summed E-state index contributed by atoms with van der Waals surface area (Å²) in [7, 11) is 0. The Labute approximate surface area is 90.1 Å². The second-order valence-corrected chi connectivity index (χ2v) is 4.61. The highest BCUT2D eigenvalue weighted by Gasteiger charge is 2.13. The standard InChI is InChI=1S/C13H16N2/c1-9-6-10-4-5-12(13(2,3)14)7-11(10)8-15-9/h4-8H,14H2,1-3H3. The second-order valence-electron chi connectivity index (χ2n) is 4.61. The van der Waals surface area contributed by atoms with Crippen molar-refractivity contribution in [1.29, 1.82) is 0 Å². The average Bonchev–Trinajstić information content (AvgIpc) is 2.15. The largest absolute Gasteiger partial charge is 0.322 e. The molecule has 0 saturated heterocycles. The lowest BCUT2D eigenvalue weighted by molar-refractivity contribution is 0.555. The normalized spacial score (nSPS) is 12.0. The molecule has 2 nitrogen and oxygen atoms in total. The number of pyridine rings is 1. The molecule has 1 heterocycles. The third-order valence-corrected chi connectivity index (χ3v) is 2.60. The van der Waals surface area contributed by atoms with Crippen LogP contribution in [0.1, 0.15) is 25.1 Å². The minimum atomic E-state index is -0.293. The summed E-state index contributed by atoms with van der Waals surface area (Å²) in [6.07, 6.45) is 1.90. The summed E-state index contributed by atoms with van der Waals surface area (Å²) >= 11 is 0. The van der Waals surface area contributed by atoms with E-state index in [1.807, 2.05) is 27.0 Å². The van der Waals surface area contributed by atoms with E-state index in [1.54, 1.807) is 0 Å². The first-order valence-corrected chi connectivity index (χ1v) is 5.12. The highest BCUT2D eigenvalue weighted by Crippen LogP contribution is 2.22. The molecule has 1 aromatic carbocycles. The SMILES string of the molecule is Cc1cc2ccc(C(C)(C)N)cc2cn1. The fraction of sp³-hybridized carbons (Fsp3) is 0.308. The third kappa shape index (κ3) is 2.00. The molecule has 1 aromatic heterocycles. The Morgan fingerprint density at radius 3 is 2.53 bits per heavy atom. The fourth-order valence-corrected chi connectivity index (χ4v) is 1.65. The van der Waals surface area contributed by atoms with Crippen LogP contribution in [0.2, 0.25) is 0 Å². The van der Waals surface area contributed by atoms with Gasteiger partial charge in [-0.25, -0.2) is 0 Å². The summed E-state index contributed by atoms with van der Waals surface area (Å²) in [5, 5.41) is 2.37. The molecule has 2 rings (SSSR count). The molecule has 0 radical (unpaired) electrons. The van der Waals surface area contributed by atoms with Crippen LogP contribution >= 0.6 is 0 Å². The highest BCUT2D eigenvalue weighted by atomic mass is 14.7. The number of nitrogens with zero attached hydrogens (tertiary/aromatic N) is 1. The molecule has 78 valence electrons. The van der Waals surface area contributed by atoms with Crippen molar-refractivity contribution >= 4 is 10.8 Å². The monoisotopic (exact) mass is 200 g/mol. The van der Waals surface area contributed by atoms with Crippen LogP contribution in [0.5, 0.6) is 0 Å². The van der Waals surface area contributed by atoms with Gasteiger partial charge in [-0.2, -0.15) is 0 Å². The van der Waals surface area contributed by atoms with Gasteiger partial charge in [0, 0.05) is 22.8 Å². The van der Waals surface area contributed by atoms with E-state index in [4.69, 9.17) is 5.73 Å². The predicted molar refractivity (Wildman–Crippen MR) is 63.7 cm³/mol. The van der Waals surface area contributed by atoms with Gasteiger partial charge in [-0.05, 0) is 43.9 Å². The minimum Gasteiger partial charge on any atom is -0.322 e. The summed E-state index contributed by atoms with van der Waals surface area (Å²) in [5.74, 6) is 0. The van der Waals surface area contributed by atoms with Crippen LogP contribution in [-0.4, -0.2) is 4.98 Å². The first-order chi connectivity index (χ1) is 6.97. The van der Waals surface area contributed by atoms with Gasteiger partial charge < -0.3 is 5.73 Å². The molecular weight excluding hydrogens is 184 g/mol. The molecule has 2 N–H and O–H groups in total. The van der Waals surface area contributed by atoms with Gasteiger partial charge in [-0.15, -0.1) is 0 Å². The number of hydrogen-bond donors (Lipinski definition) is 1. The summed E-state index contributed by atoms with van der Waals surface area (Å²) in [4.78, 5) is 4.29. The first kappa shape index (κ1) is 10.1. The van der Waals surface area contributed by atoms with Gasteiger partial charge in [-0.1, -0.05) is 12.1 Å². The summed E-state index contributed by atoms with van der Waals surface area (Å²) in [6, 6.07) is 8.39. The molecule has 0 atom stereocenters. The van der Waals surface area contributed by atoms with Crippen molar-refractivity contribution in [3.8, 4) is 0 Å².